The summed E-state index contributed by atoms with van der Waals surface area (Å²) in [6, 6.07) is 5.57. The van der Waals surface area contributed by atoms with Gasteiger partial charge in [-0.25, -0.2) is 5.43 Å². The van der Waals surface area contributed by atoms with Gasteiger partial charge in [0.1, 0.15) is 13.2 Å². The van der Waals surface area contributed by atoms with E-state index in [1.807, 2.05) is 18.2 Å². The molecule has 1 aliphatic heterocycles. The van der Waals surface area contributed by atoms with E-state index in [1.165, 1.54) is 0 Å². The van der Waals surface area contributed by atoms with Crippen LogP contribution in [-0.2, 0) is 4.79 Å². The Morgan fingerprint density at radius 3 is 2.83 bits per heavy atom. The summed E-state index contributed by atoms with van der Waals surface area (Å²) in [7, 11) is 0. The van der Waals surface area contributed by atoms with Gasteiger partial charge in [0, 0.05) is 5.92 Å². The van der Waals surface area contributed by atoms with Gasteiger partial charge in [-0.1, -0.05) is 0 Å². The van der Waals surface area contributed by atoms with Gasteiger partial charge >= 0.3 is 0 Å². The highest BCUT2D eigenvalue weighted by atomic mass is 16.6. The zero-order valence-electron chi connectivity index (χ0n) is 9.89. The number of nitrogens with zero attached hydrogens (tertiary/aromatic N) is 1. The van der Waals surface area contributed by atoms with E-state index in [0.717, 1.165) is 29.9 Å². The van der Waals surface area contributed by atoms with E-state index >= 15 is 0 Å². The van der Waals surface area contributed by atoms with E-state index in [1.54, 1.807) is 6.21 Å². The summed E-state index contributed by atoms with van der Waals surface area (Å²) < 4.78 is 10.9. The zero-order chi connectivity index (χ0) is 12.4. The normalized spacial score (nSPS) is 17.8. The Balaban J connectivity index is 1.64. The largest absolute Gasteiger partial charge is 0.486 e. The molecular formula is C13H14N2O3. The Bertz CT molecular complexity index is 495. The first-order chi connectivity index (χ1) is 8.83. The summed E-state index contributed by atoms with van der Waals surface area (Å²) in [5.41, 5.74) is 3.40. The third-order valence-electron chi connectivity index (χ3n) is 2.90. The monoisotopic (exact) mass is 246 g/mol. The molecule has 1 aromatic carbocycles. The van der Waals surface area contributed by atoms with Gasteiger partial charge in [-0.15, -0.1) is 0 Å². The van der Waals surface area contributed by atoms with Crippen LogP contribution < -0.4 is 14.9 Å². The van der Waals surface area contributed by atoms with Gasteiger partial charge in [0.2, 0.25) is 5.91 Å². The van der Waals surface area contributed by atoms with Crippen molar-refractivity contribution in [3.05, 3.63) is 23.8 Å². The molecule has 1 fully saturated rings. The molecule has 5 heteroatoms. The number of carbonyl (C=O) groups excluding carboxylic acids is 1. The number of ether oxygens (including phenoxy) is 2. The van der Waals surface area contributed by atoms with Crippen molar-refractivity contribution in [2.75, 3.05) is 13.2 Å². The first-order valence-corrected chi connectivity index (χ1v) is 6.05. The molecule has 18 heavy (non-hydrogen) atoms. The maximum absolute atomic E-state index is 11.4. The summed E-state index contributed by atoms with van der Waals surface area (Å²) >= 11 is 0. The van der Waals surface area contributed by atoms with Gasteiger partial charge in [-0.2, -0.15) is 5.10 Å². The van der Waals surface area contributed by atoms with Crippen molar-refractivity contribution in [2.45, 2.75) is 12.8 Å². The summed E-state index contributed by atoms with van der Waals surface area (Å²) in [5.74, 6) is 1.64. The third kappa shape index (κ3) is 2.45. The van der Waals surface area contributed by atoms with Gasteiger partial charge in [0.05, 0.1) is 6.21 Å². The Morgan fingerprint density at radius 1 is 1.28 bits per heavy atom. The maximum Gasteiger partial charge on any atom is 0.243 e. The van der Waals surface area contributed by atoms with Crippen molar-refractivity contribution < 1.29 is 14.3 Å². The second kappa shape index (κ2) is 4.68. The third-order valence-corrected chi connectivity index (χ3v) is 2.90. The van der Waals surface area contributed by atoms with Crippen molar-refractivity contribution in [2.24, 2.45) is 11.0 Å². The fourth-order valence-electron chi connectivity index (χ4n) is 1.75. The Morgan fingerprint density at radius 2 is 2.06 bits per heavy atom. The smallest absolute Gasteiger partial charge is 0.243 e. The number of nitrogens with one attached hydrogen (secondary N) is 1. The molecule has 1 heterocycles. The summed E-state index contributed by atoms with van der Waals surface area (Å²) in [5, 5.41) is 3.93. The van der Waals surface area contributed by atoms with E-state index < -0.39 is 0 Å². The molecule has 0 aromatic heterocycles. The highest BCUT2D eigenvalue weighted by Gasteiger charge is 2.29. The van der Waals surface area contributed by atoms with Gasteiger partial charge in [0.15, 0.2) is 11.5 Å². The van der Waals surface area contributed by atoms with Crippen LogP contribution in [0.3, 0.4) is 0 Å². The van der Waals surface area contributed by atoms with Crippen LogP contribution in [0.1, 0.15) is 18.4 Å². The summed E-state index contributed by atoms with van der Waals surface area (Å²) in [4.78, 5) is 11.4. The molecule has 3 rings (SSSR count). The number of hydrogen-bond donors (Lipinski definition) is 1. The van der Waals surface area contributed by atoms with Gasteiger partial charge in [-0.05, 0) is 36.6 Å². The molecule has 1 amide bonds. The van der Waals surface area contributed by atoms with E-state index in [9.17, 15) is 4.79 Å². The molecule has 0 atom stereocenters. The highest BCUT2D eigenvalue weighted by Crippen LogP contribution is 2.30. The number of amides is 1. The van der Waals surface area contributed by atoms with Crippen molar-refractivity contribution in [1.29, 1.82) is 0 Å². The van der Waals surface area contributed by atoms with Gasteiger partial charge in [0.25, 0.3) is 0 Å². The lowest BCUT2D eigenvalue weighted by molar-refractivity contribution is -0.122. The average molecular weight is 246 g/mol. The van der Waals surface area contributed by atoms with Crippen LogP contribution >= 0.6 is 0 Å². The molecule has 94 valence electrons. The summed E-state index contributed by atoms with van der Waals surface area (Å²) in [6.45, 7) is 1.14. The maximum atomic E-state index is 11.4. The second-order valence-electron chi connectivity index (χ2n) is 4.41. The fourth-order valence-corrected chi connectivity index (χ4v) is 1.75. The van der Waals surface area contributed by atoms with Crippen molar-refractivity contribution in [3.63, 3.8) is 0 Å². The number of rotatable bonds is 3. The molecule has 1 aromatic rings. The molecular weight excluding hydrogens is 232 g/mol. The van der Waals surface area contributed by atoms with Crippen LogP contribution in [0.25, 0.3) is 0 Å². The Kier molecular flexibility index (Phi) is 2.88. The van der Waals surface area contributed by atoms with Crippen LogP contribution in [0.5, 0.6) is 11.5 Å². The van der Waals surface area contributed by atoms with E-state index in [4.69, 9.17) is 9.47 Å². The first kappa shape index (κ1) is 11.1. The van der Waals surface area contributed by atoms with Crippen LogP contribution in [-0.4, -0.2) is 25.3 Å². The zero-order valence-corrected chi connectivity index (χ0v) is 9.89. The lowest BCUT2D eigenvalue weighted by atomic mass is 10.2. The van der Waals surface area contributed by atoms with Crippen LogP contribution in [0.4, 0.5) is 0 Å². The lowest BCUT2D eigenvalue weighted by Gasteiger charge is -2.18. The quantitative estimate of drug-likeness (QED) is 0.646. The fraction of sp³-hybridized carbons (Fsp3) is 0.385. The van der Waals surface area contributed by atoms with Crippen LogP contribution in [0.15, 0.2) is 23.3 Å². The minimum Gasteiger partial charge on any atom is -0.486 e. The molecule has 1 aliphatic carbocycles. The number of hydrogen-bond acceptors (Lipinski definition) is 4. The Labute approximate surface area is 105 Å². The number of carbonyl (C=O) groups is 1. The second-order valence-corrected chi connectivity index (χ2v) is 4.41. The molecule has 0 spiro atoms. The molecule has 5 nitrogen and oxygen atoms in total. The van der Waals surface area contributed by atoms with Crippen molar-refractivity contribution in [3.8, 4) is 11.5 Å². The van der Waals surface area contributed by atoms with E-state index in [0.29, 0.717) is 13.2 Å². The molecule has 1 N–H and O–H groups in total. The number of benzene rings is 1. The molecule has 0 saturated heterocycles. The SMILES string of the molecule is O=C(N/N=C\c1ccc2c(c1)OCCO2)C1CC1. The minimum atomic E-state index is 0.00351. The van der Waals surface area contributed by atoms with Crippen LogP contribution in [0, 0.1) is 5.92 Å². The van der Waals surface area contributed by atoms with Crippen molar-refractivity contribution in [1.82, 2.24) is 5.43 Å². The van der Waals surface area contributed by atoms with E-state index in [-0.39, 0.29) is 11.8 Å². The molecule has 2 aliphatic rings. The van der Waals surface area contributed by atoms with Crippen LogP contribution in [0.2, 0.25) is 0 Å². The van der Waals surface area contributed by atoms with Crippen molar-refractivity contribution >= 4 is 12.1 Å². The Hall–Kier alpha value is -2.04. The highest BCUT2D eigenvalue weighted by molar-refractivity contribution is 5.84. The topological polar surface area (TPSA) is 59.9 Å². The van der Waals surface area contributed by atoms with E-state index in [2.05, 4.69) is 10.5 Å². The minimum absolute atomic E-state index is 0.00351. The predicted molar refractivity (Wildman–Crippen MR) is 65.9 cm³/mol. The molecule has 1 saturated carbocycles. The first-order valence-electron chi connectivity index (χ1n) is 6.05. The number of hydrazone groups is 1. The number of fused-ring (bicyclic) bond motifs is 1. The lowest BCUT2D eigenvalue weighted by Crippen LogP contribution is -2.19. The van der Waals surface area contributed by atoms with Gasteiger partial charge in [-0.3, -0.25) is 4.79 Å². The van der Waals surface area contributed by atoms with Gasteiger partial charge < -0.3 is 9.47 Å². The standard InChI is InChI=1S/C13H14N2O3/c16-13(10-2-3-10)15-14-8-9-1-4-11-12(7-9)18-6-5-17-11/h1,4,7-8,10H,2-3,5-6H2,(H,15,16)/b14-8-. The molecule has 0 bridgehead atoms. The predicted octanol–water partition coefficient (Wildman–Crippen LogP) is 1.32. The molecule has 0 unspecified atom stereocenters. The molecule has 0 radical (unpaired) electrons. The average Bonchev–Trinajstić information content (AvgIpc) is 3.23. The summed E-state index contributed by atoms with van der Waals surface area (Å²) in [6.07, 6.45) is 3.56.